The van der Waals surface area contributed by atoms with E-state index in [0.29, 0.717) is 10.5 Å². The maximum Gasteiger partial charge on any atom is 0.0201 e. The Morgan fingerprint density at radius 1 is 0.680 bits per heavy atom. The van der Waals surface area contributed by atoms with Crippen LogP contribution >= 0.6 is 23.5 Å². The van der Waals surface area contributed by atoms with Crippen molar-refractivity contribution in [2.75, 3.05) is 11.5 Å². The second-order valence-corrected chi connectivity index (χ2v) is 9.02. The van der Waals surface area contributed by atoms with Crippen molar-refractivity contribution in [2.45, 2.75) is 30.8 Å². The first kappa shape index (κ1) is 19.9. The van der Waals surface area contributed by atoms with Gasteiger partial charge in [-0.15, -0.1) is 0 Å². The van der Waals surface area contributed by atoms with E-state index in [0.717, 1.165) is 0 Å². The molecule has 0 saturated carbocycles. The summed E-state index contributed by atoms with van der Waals surface area (Å²) in [6, 6.07) is 21.1. The molecule has 0 bridgehead atoms. The maximum atomic E-state index is 2.30. The van der Waals surface area contributed by atoms with Gasteiger partial charge >= 0.3 is 0 Å². The van der Waals surface area contributed by atoms with Crippen molar-refractivity contribution < 1.29 is 0 Å². The van der Waals surface area contributed by atoms with Gasteiger partial charge in [-0.05, 0) is 42.9 Å². The molecule has 0 aromatic heterocycles. The van der Waals surface area contributed by atoms with Crippen LogP contribution in [0.3, 0.4) is 0 Å². The van der Waals surface area contributed by atoms with Crippen LogP contribution in [0.25, 0.3) is 12.2 Å². The first-order valence-corrected chi connectivity index (χ1v) is 11.0. The van der Waals surface area contributed by atoms with Gasteiger partial charge in [0.2, 0.25) is 0 Å². The van der Waals surface area contributed by atoms with E-state index in [-0.39, 0.29) is 0 Å². The molecule has 0 aliphatic heterocycles. The standard InChI is InChI=1S/C23H28S2/c1-20(14-16-22-10-5-3-6-11-22)24-18-9-19-25-21(2)15-17-23-12-7-4-8-13-23/h3-8,10-17,20-21H,9,18-19H2,1-2H3/b16-14+,17-15+. The molecule has 25 heavy (non-hydrogen) atoms. The Labute approximate surface area is 161 Å². The summed E-state index contributed by atoms with van der Waals surface area (Å²) < 4.78 is 0. The molecule has 2 unspecified atom stereocenters. The Balaban J connectivity index is 1.56. The molecule has 2 aromatic carbocycles. The van der Waals surface area contributed by atoms with Gasteiger partial charge < -0.3 is 0 Å². The van der Waals surface area contributed by atoms with Gasteiger partial charge in [0, 0.05) is 10.5 Å². The largest absolute Gasteiger partial charge is 0.155 e. The SMILES string of the molecule is CC(/C=C/c1ccccc1)SCCCSC(C)/C=C/c1ccccc1. The Bertz CT molecular complexity index is 574. The predicted octanol–water partition coefficient (Wildman–Crippen LogP) is 7.05. The van der Waals surface area contributed by atoms with Crippen molar-refractivity contribution in [3.8, 4) is 0 Å². The molecule has 2 atom stereocenters. The fourth-order valence-corrected chi connectivity index (χ4v) is 4.26. The van der Waals surface area contributed by atoms with Crippen LogP contribution in [0.1, 0.15) is 31.4 Å². The van der Waals surface area contributed by atoms with Gasteiger partial charge in [-0.3, -0.25) is 0 Å². The monoisotopic (exact) mass is 368 g/mol. The number of hydrogen-bond donors (Lipinski definition) is 0. The van der Waals surface area contributed by atoms with Crippen molar-refractivity contribution in [3.63, 3.8) is 0 Å². The van der Waals surface area contributed by atoms with Crippen molar-refractivity contribution in [1.29, 1.82) is 0 Å². The van der Waals surface area contributed by atoms with Gasteiger partial charge in [-0.1, -0.05) is 85.0 Å². The molecule has 2 heteroatoms. The van der Waals surface area contributed by atoms with Crippen LogP contribution in [0.2, 0.25) is 0 Å². The zero-order chi connectivity index (χ0) is 17.7. The Hall–Kier alpha value is -1.38. The average molecular weight is 369 g/mol. The summed E-state index contributed by atoms with van der Waals surface area (Å²) in [7, 11) is 0. The van der Waals surface area contributed by atoms with E-state index in [1.165, 1.54) is 29.1 Å². The second kappa shape index (κ2) is 12.1. The smallest absolute Gasteiger partial charge is 0.0201 e. The highest BCUT2D eigenvalue weighted by molar-refractivity contribution is 8.00. The highest BCUT2D eigenvalue weighted by atomic mass is 32.2. The third-order valence-electron chi connectivity index (χ3n) is 3.77. The first-order chi connectivity index (χ1) is 12.2. The molecule has 132 valence electrons. The summed E-state index contributed by atoms with van der Waals surface area (Å²) in [5.41, 5.74) is 2.56. The van der Waals surface area contributed by atoms with Crippen LogP contribution in [0.5, 0.6) is 0 Å². The second-order valence-electron chi connectivity index (χ2n) is 6.04. The van der Waals surface area contributed by atoms with Crippen LogP contribution in [-0.2, 0) is 0 Å². The minimum atomic E-state index is 0.570. The summed E-state index contributed by atoms with van der Waals surface area (Å²) in [5, 5.41) is 1.14. The maximum absolute atomic E-state index is 2.30. The minimum absolute atomic E-state index is 0.570. The van der Waals surface area contributed by atoms with Crippen LogP contribution in [0.15, 0.2) is 72.8 Å². The van der Waals surface area contributed by atoms with Gasteiger partial charge in [0.1, 0.15) is 0 Å². The highest BCUT2D eigenvalue weighted by Crippen LogP contribution is 2.19. The number of rotatable bonds is 10. The zero-order valence-corrected chi connectivity index (χ0v) is 16.8. The average Bonchev–Trinajstić information content (AvgIpc) is 2.66. The summed E-state index contributed by atoms with van der Waals surface area (Å²) >= 11 is 4.08. The fourth-order valence-electron chi connectivity index (χ4n) is 2.33. The molecular formula is C23H28S2. The van der Waals surface area contributed by atoms with Crippen LogP contribution < -0.4 is 0 Å². The van der Waals surface area contributed by atoms with E-state index >= 15 is 0 Å². The molecule has 0 amide bonds. The molecule has 0 saturated heterocycles. The molecular weight excluding hydrogens is 340 g/mol. The topological polar surface area (TPSA) is 0 Å². The van der Waals surface area contributed by atoms with Gasteiger partial charge in [-0.25, -0.2) is 0 Å². The van der Waals surface area contributed by atoms with Gasteiger partial charge in [0.15, 0.2) is 0 Å². The van der Waals surface area contributed by atoms with Crippen LogP contribution in [0, 0.1) is 0 Å². The van der Waals surface area contributed by atoms with E-state index in [9.17, 15) is 0 Å². The van der Waals surface area contributed by atoms with E-state index in [2.05, 4.69) is 98.8 Å². The number of benzene rings is 2. The molecule has 0 radical (unpaired) electrons. The van der Waals surface area contributed by atoms with Crippen LogP contribution in [0.4, 0.5) is 0 Å². The fraction of sp³-hybridized carbons (Fsp3) is 0.304. The van der Waals surface area contributed by atoms with E-state index in [1.807, 2.05) is 23.5 Å². The zero-order valence-electron chi connectivity index (χ0n) is 15.2. The molecule has 0 aliphatic carbocycles. The Kier molecular flexibility index (Phi) is 9.61. The molecule has 0 heterocycles. The number of hydrogen-bond acceptors (Lipinski definition) is 2. The van der Waals surface area contributed by atoms with E-state index in [4.69, 9.17) is 0 Å². The van der Waals surface area contributed by atoms with Gasteiger partial charge in [-0.2, -0.15) is 23.5 Å². The quantitative estimate of drug-likeness (QED) is 0.412. The molecule has 0 N–H and O–H groups in total. The summed E-state index contributed by atoms with van der Waals surface area (Å²) in [6.45, 7) is 4.56. The van der Waals surface area contributed by atoms with Crippen molar-refractivity contribution in [3.05, 3.63) is 83.9 Å². The van der Waals surface area contributed by atoms with E-state index < -0.39 is 0 Å². The summed E-state index contributed by atoms with van der Waals surface area (Å²) in [6.07, 6.45) is 10.3. The predicted molar refractivity (Wildman–Crippen MR) is 119 cm³/mol. The molecule has 0 aliphatic rings. The Morgan fingerprint density at radius 2 is 1.08 bits per heavy atom. The molecule has 0 fully saturated rings. The molecule has 0 nitrogen and oxygen atoms in total. The van der Waals surface area contributed by atoms with E-state index in [1.54, 1.807) is 0 Å². The highest BCUT2D eigenvalue weighted by Gasteiger charge is 2.00. The molecule has 2 rings (SSSR count). The lowest BCUT2D eigenvalue weighted by atomic mass is 10.2. The first-order valence-electron chi connectivity index (χ1n) is 8.94. The third-order valence-corrected chi connectivity index (χ3v) is 6.18. The van der Waals surface area contributed by atoms with Crippen LogP contribution in [-0.4, -0.2) is 22.0 Å². The Morgan fingerprint density at radius 3 is 1.48 bits per heavy atom. The lowest BCUT2D eigenvalue weighted by molar-refractivity contribution is 1.10. The minimum Gasteiger partial charge on any atom is -0.155 e. The van der Waals surface area contributed by atoms with Crippen molar-refractivity contribution in [1.82, 2.24) is 0 Å². The summed E-state index contributed by atoms with van der Waals surface area (Å²) in [4.78, 5) is 0. The number of thioether (sulfide) groups is 2. The third kappa shape index (κ3) is 9.04. The van der Waals surface area contributed by atoms with Crippen molar-refractivity contribution in [2.24, 2.45) is 0 Å². The summed E-state index contributed by atoms with van der Waals surface area (Å²) in [5.74, 6) is 2.45. The molecule has 0 spiro atoms. The van der Waals surface area contributed by atoms with Crippen molar-refractivity contribution >= 4 is 35.7 Å². The lowest BCUT2D eigenvalue weighted by Gasteiger charge is -2.08. The molecule has 2 aromatic rings. The van der Waals surface area contributed by atoms with Gasteiger partial charge in [0.25, 0.3) is 0 Å². The normalized spacial score (nSPS) is 14.2. The van der Waals surface area contributed by atoms with Gasteiger partial charge in [0.05, 0.1) is 0 Å². The lowest BCUT2D eigenvalue weighted by Crippen LogP contribution is -1.96.